The molecule has 0 aliphatic carbocycles. The van der Waals surface area contributed by atoms with Crippen molar-refractivity contribution < 1.29 is 4.74 Å². The van der Waals surface area contributed by atoms with Crippen molar-refractivity contribution in [1.82, 2.24) is 4.90 Å². The van der Waals surface area contributed by atoms with Gasteiger partial charge in [-0.15, -0.1) is 0 Å². The van der Waals surface area contributed by atoms with Crippen molar-refractivity contribution in [3.8, 4) is 5.75 Å². The van der Waals surface area contributed by atoms with Crippen molar-refractivity contribution in [3.63, 3.8) is 0 Å². The fourth-order valence-electron chi connectivity index (χ4n) is 3.58. The summed E-state index contributed by atoms with van der Waals surface area (Å²) in [4.78, 5) is 2.64. The molecule has 122 valence electrons. The standard InChI is InChI=1S/C21H27NO/c1-16-6-4-5-7-18(16)10-12-22-13-11-19-8-9-21(23-3)15-20(19)14-17(22)2/h4-9,15,17H,10-14H2,1-3H3. The average molecular weight is 309 g/mol. The van der Waals surface area contributed by atoms with E-state index in [2.05, 4.69) is 61.2 Å². The largest absolute Gasteiger partial charge is 0.497 e. The first-order chi connectivity index (χ1) is 11.2. The zero-order chi connectivity index (χ0) is 16.2. The van der Waals surface area contributed by atoms with Gasteiger partial charge in [0.2, 0.25) is 0 Å². The maximum atomic E-state index is 5.39. The molecule has 1 unspecified atom stereocenters. The van der Waals surface area contributed by atoms with Crippen LogP contribution in [0, 0.1) is 6.92 Å². The molecule has 2 aromatic rings. The summed E-state index contributed by atoms with van der Waals surface area (Å²) in [5, 5.41) is 0. The first kappa shape index (κ1) is 16.1. The molecule has 0 spiro atoms. The molecular formula is C21H27NO. The molecule has 1 heterocycles. The van der Waals surface area contributed by atoms with E-state index >= 15 is 0 Å². The van der Waals surface area contributed by atoms with Crippen molar-refractivity contribution in [3.05, 3.63) is 64.7 Å². The van der Waals surface area contributed by atoms with Crippen molar-refractivity contribution in [1.29, 1.82) is 0 Å². The van der Waals surface area contributed by atoms with Crippen molar-refractivity contribution in [2.24, 2.45) is 0 Å². The van der Waals surface area contributed by atoms with Gasteiger partial charge in [-0.1, -0.05) is 30.3 Å². The van der Waals surface area contributed by atoms with Crippen LogP contribution in [0.15, 0.2) is 42.5 Å². The molecule has 2 heteroatoms. The molecule has 0 saturated heterocycles. The van der Waals surface area contributed by atoms with Crippen molar-refractivity contribution in [2.75, 3.05) is 20.2 Å². The molecule has 23 heavy (non-hydrogen) atoms. The van der Waals surface area contributed by atoms with Crippen LogP contribution in [0.5, 0.6) is 5.75 Å². The second-order valence-corrected chi connectivity index (χ2v) is 6.65. The second-order valence-electron chi connectivity index (χ2n) is 6.65. The normalized spacial score (nSPS) is 18.3. The molecule has 1 atom stereocenters. The Kier molecular flexibility index (Phi) is 5.02. The van der Waals surface area contributed by atoms with Gasteiger partial charge in [0.1, 0.15) is 5.75 Å². The maximum Gasteiger partial charge on any atom is 0.119 e. The van der Waals surface area contributed by atoms with Gasteiger partial charge in [0.25, 0.3) is 0 Å². The van der Waals surface area contributed by atoms with Gasteiger partial charge in [-0.25, -0.2) is 0 Å². The van der Waals surface area contributed by atoms with E-state index in [1.807, 2.05) is 0 Å². The van der Waals surface area contributed by atoms with Gasteiger partial charge in [-0.05, 0) is 67.5 Å². The lowest BCUT2D eigenvalue weighted by Crippen LogP contribution is -2.36. The Bertz CT molecular complexity index is 665. The molecule has 1 aliphatic heterocycles. The van der Waals surface area contributed by atoms with E-state index in [9.17, 15) is 0 Å². The number of hydrogen-bond acceptors (Lipinski definition) is 2. The molecule has 2 aromatic carbocycles. The third-order valence-corrected chi connectivity index (χ3v) is 5.15. The van der Waals surface area contributed by atoms with Gasteiger partial charge in [-0.2, -0.15) is 0 Å². The predicted molar refractivity (Wildman–Crippen MR) is 96.3 cm³/mol. The molecule has 0 aromatic heterocycles. The summed E-state index contributed by atoms with van der Waals surface area (Å²) in [5.74, 6) is 0.976. The predicted octanol–water partition coefficient (Wildman–Crippen LogP) is 4.04. The Morgan fingerprint density at radius 2 is 1.96 bits per heavy atom. The van der Waals surface area contributed by atoms with Gasteiger partial charge in [-0.3, -0.25) is 4.90 Å². The second kappa shape index (κ2) is 7.18. The van der Waals surface area contributed by atoms with E-state index in [1.165, 1.54) is 22.3 Å². The number of benzene rings is 2. The summed E-state index contributed by atoms with van der Waals surface area (Å²) < 4.78 is 5.39. The number of methoxy groups -OCH3 is 1. The Balaban J connectivity index is 1.68. The number of ether oxygens (including phenoxy) is 1. The van der Waals surface area contributed by atoms with Gasteiger partial charge in [0.05, 0.1) is 7.11 Å². The zero-order valence-corrected chi connectivity index (χ0v) is 14.5. The Morgan fingerprint density at radius 1 is 1.13 bits per heavy atom. The lowest BCUT2D eigenvalue weighted by molar-refractivity contribution is 0.219. The minimum atomic E-state index is 0.576. The molecule has 0 saturated carbocycles. The van der Waals surface area contributed by atoms with E-state index in [0.717, 1.165) is 38.1 Å². The lowest BCUT2D eigenvalue weighted by Gasteiger charge is -2.27. The minimum absolute atomic E-state index is 0.576. The highest BCUT2D eigenvalue weighted by atomic mass is 16.5. The third-order valence-electron chi connectivity index (χ3n) is 5.15. The van der Waals surface area contributed by atoms with Gasteiger partial charge < -0.3 is 4.74 Å². The van der Waals surface area contributed by atoms with Gasteiger partial charge in [0, 0.05) is 19.1 Å². The Hall–Kier alpha value is -1.80. The molecule has 0 bridgehead atoms. The van der Waals surface area contributed by atoms with Crippen LogP contribution < -0.4 is 4.74 Å². The zero-order valence-electron chi connectivity index (χ0n) is 14.5. The first-order valence-electron chi connectivity index (χ1n) is 8.61. The number of aryl methyl sites for hydroxylation is 1. The summed E-state index contributed by atoms with van der Waals surface area (Å²) in [6, 6.07) is 15.9. The van der Waals surface area contributed by atoms with E-state index in [1.54, 1.807) is 7.11 Å². The number of hydrogen-bond donors (Lipinski definition) is 0. The Labute approximate surface area is 140 Å². The molecule has 1 aliphatic rings. The summed E-state index contributed by atoms with van der Waals surface area (Å²) >= 11 is 0. The SMILES string of the molecule is COc1ccc2c(c1)CC(C)N(CCc1ccccc1C)CC2. The van der Waals surface area contributed by atoms with E-state index in [0.29, 0.717) is 6.04 Å². The highest BCUT2D eigenvalue weighted by Gasteiger charge is 2.20. The quantitative estimate of drug-likeness (QED) is 0.845. The highest BCUT2D eigenvalue weighted by Crippen LogP contribution is 2.24. The monoisotopic (exact) mass is 309 g/mol. The summed E-state index contributed by atoms with van der Waals surface area (Å²) in [6.07, 6.45) is 3.38. The fourth-order valence-corrected chi connectivity index (χ4v) is 3.58. The van der Waals surface area contributed by atoms with Crippen molar-refractivity contribution >= 4 is 0 Å². The molecular weight excluding hydrogens is 282 g/mol. The van der Waals surface area contributed by atoms with Gasteiger partial charge in [0.15, 0.2) is 0 Å². The average Bonchev–Trinajstić information content (AvgIpc) is 2.72. The molecule has 0 fully saturated rings. The third kappa shape index (κ3) is 3.76. The van der Waals surface area contributed by atoms with Crippen LogP contribution in [-0.2, 0) is 19.3 Å². The van der Waals surface area contributed by atoms with Crippen LogP contribution in [0.4, 0.5) is 0 Å². The Morgan fingerprint density at radius 3 is 2.74 bits per heavy atom. The summed E-state index contributed by atoms with van der Waals surface area (Å²) in [6.45, 7) is 6.85. The smallest absolute Gasteiger partial charge is 0.119 e. The first-order valence-corrected chi connectivity index (χ1v) is 8.61. The molecule has 0 radical (unpaired) electrons. The lowest BCUT2D eigenvalue weighted by atomic mass is 10.0. The van der Waals surface area contributed by atoms with Crippen LogP contribution >= 0.6 is 0 Å². The maximum absolute atomic E-state index is 5.39. The molecule has 0 amide bonds. The fraction of sp³-hybridized carbons (Fsp3) is 0.429. The van der Waals surface area contributed by atoms with Gasteiger partial charge >= 0.3 is 0 Å². The van der Waals surface area contributed by atoms with Crippen LogP contribution in [0.25, 0.3) is 0 Å². The molecule has 3 rings (SSSR count). The molecule has 2 nitrogen and oxygen atoms in total. The van der Waals surface area contributed by atoms with Crippen LogP contribution in [0.3, 0.4) is 0 Å². The van der Waals surface area contributed by atoms with E-state index < -0.39 is 0 Å². The highest BCUT2D eigenvalue weighted by molar-refractivity contribution is 5.37. The van der Waals surface area contributed by atoms with Crippen LogP contribution in [0.1, 0.15) is 29.2 Å². The number of fused-ring (bicyclic) bond motifs is 1. The minimum Gasteiger partial charge on any atom is -0.497 e. The summed E-state index contributed by atoms with van der Waals surface area (Å²) in [5.41, 5.74) is 5.82. The topological polar surface area (TPSA) is 12.5 Å². The molecule has 0 N–H and O–H groups in total. The summed E-state index contributed by atoms with van der Waals surface area (Å²) in [7, 11) is 1.75. The number of rotatable bonds is 4. The van der Waals surface area contributed by atoms with Crippen molar-refractivity contribution in [2.45, 2.75) is 39.2 Å². The van der Waals surface area contributed by atoms with Crippen LogP contribution in [-0.4, -0.2) is 31.1 Å². The van der Waals surface area contributed by atoms with Crippen LogP contribution in [0.2, 0.25) is 0 Å². The van der Waals surface area contributed by atoms with E-state index in [-0.39, 0.29) is 0 Å². The van der Waals surface area contributed by atoms with E-state index in [4.69, 9.17) is 4.74 Å². The number of nitrogens with zero attached hydrogens (tertiary/aromatic N) is 1.